The molecule has 0 amide bonds. The normalized spacial score (nSPS) is 34.1. The zero-order valence-corrected chi connectivity index (χ0v) is 10.4. The summed E-state index contributed by atoms with van der Waals surface area (Å²) in [6.07, 6.45) is 7.31. The van der Waals surface area contributed by atoms with Gasteiger partial charge in [0.2, 0.25) is 0 Å². The highest BCUT2D eigenvalue weighted by molar-refractivity contribution is 4.86. The quantitative estimate of drug-likeness (QED) is 0.798. The molecule has 1 N–H and O–H groups in total. The molecule has 1 aliphatic heterocycles. The second-order valence-electron chi connectivity index (χ2n) is 5.11. The van der Waals surface area contributed by atoms with E-state index < -0.39 is 0 Å². The van der Waals surface area contributed by atoms with Gasteiger partial charge in [-0.3, -0.25) is 4.90 Å². The van der Waals surface area contributed by atoms with Crippen molar-refractivity contribution in [2.45, 2.75) is 63.7 Å². The van der Waals surface area contributed by atoms with Gasteiger partial charge in [0.15, 0.2) is 0 Å². The summed E-state index contributed by atoms with van der Waals surface area (Å²) >= 11 is 0. The first-order valence-electron chi connectivity index (χ1n) is 6.85. The smallest absolute Gasteiger partial charge is 0.0695 e. The molecule has 0 bridgehead atoms. The number of likely N-dealkylation sites (tertiary alicyclic amines) is 1. The molecule has 0 radical (unpaired) electrons. The highest BCUT2D eigenvalue weighted by Crippen LogP contribution is 2.26. The zero-order valence-electron chi connectivity index (χ0n) is 10.4. The van der Waals surface area contributed by atoms with E-state index in [9.17, 15) is 5.11 Å². The van der Waals surface area contributed by atoms with Crippen LogP contribution in [0.15, 0.2) is 0 Å². The molecule has 3 nitrogen and oxygen atoms in total. The second-order valence-corrected chi connectivity index (χ2v) is 5.11. The molecule has 0 aromatic carbocycles. The van der Waals surface area contributed by atoms with Crippen LogP contribution in [0.3, 0.4) is 0 Å². The third-order valence-electron chi connectivity index (χ3n) is 4.04. The lowest BCUT2D eigenvalue weighted by Gasteiger charge is -2.41. The number of ether oxygens (including phenoxy) is 1. The maximum atomic E-state index is 10.0. The molecule has 2 fully saturated rings. The Bertz CT molecular complexity index is 202. The van der Waals surface area contributed by atoms with E-state index in [-0.39, 0.29) is 6.10 Å². The summed E-state index contributed by atoms with van der Waals surface area (Å²) in [6, 6.07) is 0.427. The van der Waals surface area contributed by atoms with Gasteiger partial charge in [0, 0.05) is 25.7 Å². The van der Waals surface area contributed by atoms with Crippen molar-refractivity contribution >= 4 is 0 Å². The van der Waals surface area contributed by atoms with Crippen molar-refractivity contribution in [2.75, 3.05) is 19.7 Å². The van der Waals surface area contributed by atoms with E-state index in [0.29, 0.717) is 12.1 Å². The number of hydrogen-bond acceptors (Lipinski definition) is 3. The van der Waals surface area contributed by atoms with E-state index in [1.165, 1.54) is 19.3 Å². The topological polar surface area (TPSA) is 32.7 Å². The molecule has 16 heavy (non-hydrogen) atoms. The van der Waals surface area contributed by atoms with Crippen LogP contribution >= 0.6 is 0 Å². The first-order valence-corrected chi connectivity index (χ1v) is 6.85. The molecule has 2 aliphatic rings. The van der Waals surface area contributed by atoms with Crippen molar-refractivity contribution in [3.63, 3.8) is 0 Å². The summed E-state index contributed by atoms with van der Waals surface area (Å²) in [5, 5.41) is 10.0. The molecule has 1 saturated heterocycles. The standard InChI is InChI=1S/C13H25NO2/c1-2-16-11-7-9-14(10-8-11)12-5-3-4-6-13(12)15/h11-13,15H,2-10H2,1H3/t12-,13-/m1/s1. The lowest BCUT2D eigenvalue weighted by molar-refractivity contribution is -0.0315. The van der Waals surface area contributed by atoms with E-state index in [2.05, 4.69) is 11.8 Å². The van der Waals surface area contributed by atoms with Gasteiger partial charge in [0.1, 0.15) is 0 Å². The average Bonchev–Trinajstić information content (AvgIpc) is 2.31. The van der Waals surface area contributed by atoms with Crippen LogP contribution in [0.5, 0.6) is 0 Å². The third kappa shape index (κ3) is 2.96. The Morgan fingerprint density at radius 2 is 1.81 bits per heavy atom. The van der Waals surface area contributed by atoms with E-state index in [4.69, 9.17) is 4.74 Å². The molecule has 2 atom stereocenters. The first kappa shape index (κ1) is 12.3. The van der Waals surface area contributed by atoms with Crippen LogP contribution in [0.2, 0.25) is 0 Å². The zero-order chi connectivity index (χ0) is 11.4. The minimum atomic E-state index is -0.0857. The van der Waals surface area contributed by atoms with Crippen LogP contribution in [0.4, 0.5) is 0 Å². The molecule has 0 aromatic heterocycles. The summed E-state index contributed by atoms with van der Waals surface area (Å²) in [5.41, 5.74) is 0. The molecule has 1 heterocycles. The van der Waals surface area contributed by atoms with Gasteiger partial charge in [-0.2, -0.15) is 0 Å². The van der Waals surface area contributed by atoms with Gasteiger partial charge in [-0.15, -0.1) is 0 Å². The monoisotopic (exact) mass is 227 g/mol. The molecule has 3 heteroatoms. The SMILES string of the molecule is CCOC1CCN([C@@H]2CCCC[C@H]2O)CC1. The molecule has 0 aromatic rings. The number of hydrogen-bond donors (Lipinski definition) is 1. The molecule has 0 spiro atoms. The van der Waals surface area contributed by atoms with E-state index in [1.54, 1.807) is 0 Å². The molecular formula is C13H25NO2. The molecule has 94 valence electrons. The molecule has 1 saturated carbocycles. The van der Waals surface area contributed by atoms with Crippen molar-refractivity contribution in [3.8, 4) is 0 Å². The summed E-state index contributed by atoms with van der Waals surface area (Å²) in [4.78, 5) is 2.49. The summed E-state index contributed by atoms with van der Waals surface area (Å²) in [7, 11) is 0. The summed E-state index contributed by atoms with van der Waals surface area (Å²) in [6.45, 7) is 5.10. The van der Waals surface area contributed by atoms with E-state index >= 15 is 0 Å². The van der Waals surface area contributed by atoms with Gasteiger partial charge >= 0.3 is 0 Å². The van der Waals surface area contributed by atoms with Crippen molar-refractivity contribution in [2.24, 2.45) is 0 Å². The Morgan fingerprint density at radius 1 is 1.12 bits per heavy atom. The lowest BCUT2D eigenvalue weighted by atomic mass is 9.90. The largest absolute Gasteiger partial charge is 0.391 e. The molecule has 1 aliphatic carbocycles. The maximum absolute atomic E-state index is 10.0. The van der Waals surface area contributed by atoms with Crippen LogP contribution in [0.25, 0.3) is 0 Å². The van der Waals surface area contributed by atoms with Gasteiger partial charge in [0.25, 0.3) is 0 Å². The van der Waals surface area contributed by atoms with Gasteiger partial charge in [-0.25, -0.2) is 0 Å². The number of nitrogens with zero attached hydrogens (tertiary/aromatic N) is 1. The fraction of sp³-hybridized carbons (Fsp3) is 1.00. The van der Waals surface area contributed by atoms with Gasteiger partial charge in [0.05, 0.1) is 12.2 Å². The molecular weight excluding hydrogens is 202 g/mol. The molecule has 0 unspecified atom stereocenters. The second kappa shape index (κ2) is 5.99. The number of aliphatic hydroxyl groups is 1. The average molecular weight is 227 g/mol. The number of rotatable bonds is 3. The van der Waals surface area contributed by atoms with Gasteiger partial charge in [-0.05, 0) is 32.6 Å². The first-order chi connectivity index (χ1) is 7.81. The fourth-order valence-electron chi connectivity index (χ4n) is 3.13. The number of aliphatic hydroxyl groups excluding tert-OH is 1. The Balaban J connectivity index is 1.79. The maximum Gasteiger partial charge on any atom is 0.0695 e. The highest BCUT2D eigenvalue weighted by Gasteiger charge is 2.31. The van der Waals surface area contributed by atoms with Crippen LogP contribution < -0.4 is 0 Å². The molecule has 2 rings (SSSR count). The van der Waals surface area contributed by atoms with E-state index in [0.717, 1.165) is 39.0 Å². The minimum Gasteiger partial charge on any atom is -0.391 e. The van der Waals surface area contributed by atoms with Crippen LogP contribution in [-0.2, 0) is 4.74 Å². The lowest BCUT2D eigenvalue weighted by Crippen LogP contribution is -2.49. The Morgan fingerprint density at radius 3 is 2.44 bits per heavy atom. The van der Waals surface area contributed by atoms with Crippen LogP contribution in [0.1, 0.15) is 45.4 Å². The van der Waals surface area contributed by atoms with Gasteiger partial charge < -0.3 is 9.84 Å². The summed E-state index contributed by atoms with van der Waals surface area (Å²) in [5.74, 6) is 0. The van der Waals surface area contributed by atoms with Crippen LogP contribution in [0, 0.1) is 0 Å². The predicted molar refractivity (Wildman–Crippen MR) is 64.5 cm³/mol. The van der Waals surface area contributed by atoms with Crippen molar-refractivity contribution in [1.29, 1.82) is 0 Å². The number of piperidine rings is 1. The Labute approximate surface area is 98.8 Å². The van der Waals surface area contributed by atoms with Gasteiger partial charge in [-0.1, -0.05) is 12.8 Å². The fourth-order valence-corrected chi connectivity index (χ4v) is 3.13. The predicted octanol–water partition coefficient (Wildman–Crippen LogP) is 1.79. The van der Waals surface area contributed by atoms with E-state index in [1.807, 2.05) is 0 Å². The van der Waals surface area contributed by atoms with Crippen molar-refractivity contribution in [1.82, 2.24) is 4.90 Å². The Kier molecular flexibility index (Phi) is 4.62. The third-order valence-corrected chi connectivity index (χ3v) is 4.04. The van der Waals surface area contributed by atoms with Crippen molar-refractivity contribution < 1.29 is 9.84 Å². The minimum absolute atomic E-state index is 0.0857. The van der Waals surface area contributed by atoms with Crippen LogP contribution in [-0.4, -0.2) is 48.0 Å². The highest BCUT2D eigenvalue weighted by atomic mass is 16.5. The Hall–Kier alpha value is -0.120. The van der Waals surface area contributed by atoms with Crippen molar-refractivity contribution in [3.05, 3.63) is 0 Å². The summed E-state index contributed by atoms with van der Waals surface area (Å²) < 4.78 is 5.66.